The highest BCUT2D eigenvalue weighted by Crippen LogP contribution is 2.17. The number of carbonyl (C=O) groups is 1. The van der Waals surface area contributed by atoms with Crippen LogP contribution in [0.3, 0.4) is 0 Å². The van der Waals surface area contributed by atoms with E-state index in [1.807, 2.05) is 0 Å². The predicted octanol–water partition coefficient (Wildman–Crippen LogP) is 3.56. The fourth-order valence-corrected chi connectivity index (χ4v) is 2.36. The van der Waals surface area contributed by atoms with E-state index in [1.165, 1.54) is 12.1 Å². The summed E-state index contributed by atoms with van der Waals surface area (Å²) >= 11 is 0. The first-order valence-electron chi connectivity index (χ1n) is 7.24. The van der Waals surface area contributed by atoms with Crippen molar-refractivity contribution in [3.8, 4) is 0 Å². The lowest BCUT2D eigenvalue weighted by atomic mass is 10.1. The Balaban J connectivity index is 1.87. The van der Waals surface area contributed by atoms with Crippen molar-refractivity contribution in [3.63, 3.8) is 0 Å². The standard InChI is InChI=1S/C18H13F2NO3/c1-10(11-6-7-14(19)15(20)9-11)21-17(22)13-8-12-4-2-3-5-16(12)24-18(13)23/h2-10H,1H3,(H,21,22)/t10-/m0/s1. The summed E-state index contributed by atoms with van der Waals surface area (Å²) in [6.45, 7) is 1.60. The number of halogens is 2. The maximum Gasteiger partial charge on any atom is 0.349 e. The van der Waals surface area contributed by atoms with Crippen molar-refractivity contribution < 1.29 is 18.0 Å². The zero-order chi connectivity index (χ0) is 17.3. The number of hydrogen-bond acceptors (Lipinski definition) is 3. The van der Waals surface area contributed by atoms with Gasteiger partial charge in [-0.15, -0.1) is 0 Å². The highest BCUT2D eigenvalue weighted by Gasteiger charge is 2.17. The SMILES string of the molecule is C[C@H](NC(=O)c1cc2ccccc2oc1=O)c1ccc(F)c(F)c1. The number of carbonyl (C=O) groups excluding carboxylic acids is 1. The number of para-hydroxylation sites is 1. The summed E-state index contributed by atoms with van der Waals surface area (Å²) in [5, 5.41) is 3.19. The molecule has 24 heavy (non-hydrogen) atoms. The van der Waals surface area contributed by atoms with Crippen LogP contribution in [0.4, 0.5) is 8.78 Å². The second-order valence-electron chi connectivity index (χ2n) is 5.35. The van der Waals surface area contributed by atoms with Crippen molar-refractivity contribution in [2.45, 2.75) is 13.0 Å². The number of benzene rings is 2. The average molecular weight is 329 g/mol. The molecule has 0 spiro atoms. The van der Waals surface area contributed by atoms with Gasteiger partial charge in [-0.05, 0) is 36.8 Å². The van der Waals surface area contributed by atoms with Crippen molar-refractivity contribution in [2.75, 3.05) is 0 Å². The Bertz CT molecular complexity index is 981. The number of nitrogens with one attached hydrogen (secondary N) is 1. The van der Waals surface area contributed by atoms with Gasteiger partial charge in [0.05, 0.1) is 6.04 Å². The van der Waals surface area contributed by atoms with E-state index in [0.717, 1.165) is 12.1 Å². The van der Waals surface area contributed by atoms with Gasteiger partial charge in [0.2, 0.25) is 0 Å². The summed E-state index contributed by atoms with van der Waals surface area (Å²) in [5.74, 6) is -2.61. The molecule has 1 atom stereocenters. The second kappa shape index (κ2) is 6.23. The Labute approximate surface area is 135 Å². The number of rotatable bonds is 3. The van der Waals surface area contributed by atoms with Crippen LogP contribution in [0.2, 0.25) is 0 Å². The van der Waals surface area contributed by atoms with Gasteiger partial charge in [0.25, 0.3) is 5.91 Å². The quantitative estimate of drug-likeness (QED) is 0.748. The molecule has 3 aromatic rings. The molecule has 1 N–H and O–H groups in total. The van der Waals surface area contributed by atoms with E-state index in [2.05, 4.69) is 5.32 Å². The Morgan fingerprint density at radius 2 is 1.83 bits per heavy atom. The third-order valence-electron chi connectivity index (χ3n) is 3.68. The predicted molar refractivity (Wildman–Crippen MR) is 84.7 cm³/mol. The lowest BCUT2D eigenvalue weighted by Crippen LogP contribution is -2.30. The molecule has 0 fully saturated rings. The normalized spacial score (nSPS) is 12.1. The van der Waals surface area contributed by atoms with Gasteiger partial charge in [-0.25, -0.2) is 13.6 Å². The first-order valence-corrected chi connectivity index (χ1v) is 7.24. The number of fused-ring (bicyclic) bond motifs is 1. The highest BCUT2D eigenvalue weighted by atomic mass is 19.2. The van der Waals surface area contributed by atoms with Gasteiger partial charge in [0.1, 0.15) is 11.1 Å². The zero-order valence-electron chi connectivity index (χ0n) is 12.7. The van der Waals surface area contributed by atoms with Crippen molar-refractivity contribution in [1.82, 2.24) is 5.32 Å². The van der Waals surface area contributed by atoms with Crippen LogP contribution in [0.1, 0.15) is 28.9 Å². The minimum absolute atomic E-state index is 0.150. The van der Waals surface area contributed by atoms with E-state index in [1.54, 1.807) is 31.2 Å². The first-order chi connectivity index (χ1) is 11.5. The summed E-state index contributed by atoms with van der Waals surface area (Å²) in [4.78, 5) is 24.3. The minimum atomic E-state index is -1.00. The molecule has 0 aliphatic carbocycles. The molecule has 6 heteroatoms. The maximum absolute atomic E-state index is 13.3. The minimum Gasteiger partial charge on any atom is -0.422 e. The largest absolute Gasteiger partial charge is 0.422 e. The highest BCUT2D eigenvalue weighted by molar-refractivity contribution is 5.96. The molecular weight excluding hydrogens is 316 g/mol. The van der Waals surface area contributed by atoms with E-state index in [0.29, 0.717) is 16.5 Å². The maximum atomic E-state index is 13.3. The molecule has 1 amide bonds. The van der Waals surface area contributed by atoms with Crippen LogP contribution in [0.5, 0.6) is 0 Å². The molecule has 3 rings (SSSR count). The third kappa shape index (κ3) is 3.03. The topological polar surface area (TPSA) is 59.3 Å². The van der Waals surface area contributed by atoms with Gasteiger partial charge in [-0.1, -0.05) is 24.3 Å². The first kappa shape index (κ1) is 15.9. The monoisotopic (exact) mass is 329 g/mol. The molecule has 4 nitrogen and oxygen atoms in total. The van der Waals surface area contributed by atoms with E-state index in [4.69, 9.17) is 4.42 Å². The number of hydrogen-bond donors (Lipinski definition) is 1. The average Bonchev–Trinajstić information content (AvgIpc) is 2.56. The summed E-state index contributed by atoms with van der Waals surface area (Å²) in [7, 11) is 0. The molecule has 0 radical (unpaired) electrons. The summed E-state index contributed by atoms with van der Waals surface area (Å²) in [5.41, 5.74) is -0.146. The van der Waals surface area contributed by atoms with Gasteiger partial charge in [0.15, 0.2) is 11.6 Å². The van der Waals surface area contributed by atoms with Gasteiger partial charge in [0, 0.05) is 5.39 Å². The molecule has 122 valence electrons. The zero-order valence-corrected chi connectivity index (χ0v) is 12.7. The summed E-state index contributed by atoms with van der Waals surface area (Å²) < 4.78 is 31.4. The van der Waals surface area contributed by atoms with E-state index in [-0.39, 0.29) is 5.56 Å². The van der Waals surface area contributed by atoms with E-state index in [9.17, 15) is 18.4 Å². The van der Waals surface area contributed by atoms with Crippen LogP contribution < -0.4 is 10.9 Å². The molecule has 0 saturated carbocycles. The Morgan fingerprint density at radius 3 is 2.58 bits per heavy atom. The van der Waals surface area contributed by atoms with E-state index >= 15 is 0 Å². The fraction of sp³-hybridized carbons (Fsp3) is 0.111. The van der Waals surface area contributed by atoms with Crippen molar-refractivity contribution in [2.24, 2.45) is 0 Å². The van der Waals surface area contributed by atoms with Gasteiger partial charge in [-0.3, -0.25) is 4.79 Å². The molecule has 0 aliphatic heterocycles. The van der Waals surface area contributed by atoms with Crippen molar-refractivity contribution >= 4 is 16.9 Å². The smallest absolute Gasteiger partial charge is 0.349 e. The van der Waals surface area contributed by atoms with Crippen LogP contribution in [0.25, 0.3) is 11.0 Å². The summed E-state index contributed by atoms with van der Waals surface area (Å²) in [6, 6.07) is 11.0. The lowest BCUT2D eigenvalue weighted by molar-refractivity contribution is 0.0936. The van der Waals surface area contributed by atoms with Gasteiger partial charge >= 0.3 is 5.63 Å². The summed E-state index contributed by atoms with van der Waals surface area (Å²) in [6.07, 6.45) is 0. The molecule has 2 aromatic carbocycles. The molecule has 0 bridgehead atoms. The number of amides is 1. The van der Waals surface area contributed by atoms with Gasteiger partial charge in [-0.2, -0.15) is 0 Å². The Kier molecular flexibility index (Phi) is 4.12. The molecule has 0 unspecified atom stereocenters. The van der Waals surface area contributed by atoms with Crippen LogP contribution >= 0.6 is 0 Å². The molecule has 1 aromatic heterocycles. The van der Waals surface area contributed by atoms with Crippen LogP contribution in [0.15, 0.2) is 57.7 Å². The lowest BCUT2D eigenvalue weighted by Gasteiger charge is -2.14. The Hall–Kier alpha value is -3.02. The van der Waals surface area contributed by atoms with E-state index < -0.39 is 29.2 Å². The van der Waals surface area contributed by atoms with Crippen LogP contribution in [-0.2, 0) is 0 Å². The van der Waals surface area contributed by atoms with Crippen LogP contribution in [0, 0.1) is 11.6 Å². The molecule has 0 aliphatic rings. The fourth-order valence-electron chi connectivity index (χ4n) is 2.36. The molecular formula is C18H13F2NO3. The van der Waals surface area contributed by atoms with Crippen molar-refractivity contribution in [3.05, 3.63) is 81.7 Å². The van der Waals surface area contributed by atoms with Crippen LogP contribution in [-0.4, -0.2) is 5.91 Å². The third-order valence-corrected chi connectivity index (χ3v) is 3.68. The second-order valence-corrected chi connectivity index (χ2v) is 5.35. The van der Waals surface area contributed by atoms with Crippen molar-refractivity contribution in [1.29, 1.82) is 0 Å². The molecule has 0 saturated heterocycles. The Morgan fingerprint density at radius 1 is 1.08 bits per heavy atom. The molecule has 1 heterocycles. The van der Waals surface area contributed by atoms with Gasteiger partial charge < -0.3 is 9.73 Å².